The molecule has 1 N–H and O–H groups in total. The van der Waals surface area contributed by atoms with Crippen LogP contribution in [0, 0.1) is 0 Å². The minimum atomic E-state index is -0.546. The molecule has 0 aliphatic carbocycles. The lowest BCUT2D eigenvalue weighted by Gasteiger charge is -2.10. The molecule has 1 aliphatic rings. The summed E-state index contributed by atoms with van der Waals surface area (Å²) in [6.07, 6.45) is 0. The van der Waals surface area contributed by atoms with Crippen LogP contribution in [0.3, 0.4) is 0 Å². The predicted octanol–water partition coefficient (Wildman–Crippen LogP) is 0.804. The van der Waals surface area contributed by atoms with E-state index in [1.807, 2.05) is 0 Å². The van der Waals surface area contributed by atoms with Gasteiger partial charge in [-0.1, -0.05) is 0 Å². The zero-order valence-corrected chi connectivity index (χ0v) is 8.90. The molecule has 0 unspecified atom stereocenters. The number of Topliss-reactive ketones (excluding diaryl/α,β-unsaturated/α-hetero) is 1. The summed E-state index contributed by atoms with van der Waals surface area (Å²) in [7, 11) is 1.53. The van der Waals surface area contributed by atoms with Gasteiger partial charge in [-0.25, -0.2) is 0 Å². The first-order chi connectivity index (χ1) is 7.50. The molecule has 0 fully saturated rings. The smallest absolute Gasteiger partial charge is 0.299 e. The second-order valence-electron chi connectivity index (χ2n) is 3.61. The molecule has 1 heterocycles. The van der Waals surface area contributed by atoms with Crippen molar-refractivity contribution in [3.63, 3.8) is 0 Å². The molecule has 0 spiro atoms. The molecular formula is C11H10N2O3. The van der Waals surface area contributed by atoms with Crippen molar-refractivity contribution < 1.29 is 14.4 Å². The third-order valence-corrected chi connectivity index (χ3v) is 2.42. The zero-order chi connectivity index (χ0) is 11.9. The molecule has 5 heteroatoms. The number of hydrogen-bond donors (Lipinski definition) is 1. The Labute approximate surface area is 92.0 Å². The summed E-state index contributed by atoms with van der Waals surface area (Å²) in [6, 6.07) is 4.76. The van der Waals surface area contributed by atoms with E-state index in [1.165, 1.54) is 18.9 Å². The maximum atomic E-state index is 11.5. The van der Waals surface area contributed by atoms with Crippen molar-refractivity contribution in [3.8, 4) is 0 Å². The van der Waals surface area contributed by atoms with Crippen LogP contribution in [-0.2, 0) is 9.59 Å². The zero-order valence-electron chi connectivity index (χ0n) is 8.90. The molecular weight excluding hydrogens is 208 g/mol. The first kappa shape index (κ1) is 10.4. The summed E-state index contributed by atoms with van der Waals surface area (Å²) in [4.78, 5) is 35.0. The number of nitrogens with zero attached hydrogens (tertiary/aromatic N) is 1. The number of amides is 2. The fourth-order valence-corrected chi connectivity index (χ4v) is 1.66. The molecule has 1 aromatic carbocycles. The number of anilines is 2. The van der Waals surface area contributed by atoms with Gasteiger partial charge >= 0.3 is 0 Å². The quantitative estimate of drug-likeness (QED) is 0.709. The van der Waals surface area contributed by atoms with Crippen LogP contribution in [0.25, 0.3) is 0 Å². The van der Waals surface area contributed by atoms with Gasteiger partial charge in [0.25, 0.3) is 11.7 Å². The highest BCUT2D eigenvalue weighted by Crippen LogP contribution is 2.30. The number of benzene rings is 1. The Balaban J connectivity index is 2.45. The van der Waals surface area contributed by atoms with Crippen LogP contribution in [0.5, 0.6) is 0 Å². The van der Waals surface area contributed by atoms with E-state index in [9.17, 15) is 14.4 Å². The molecule has 16 heavy (non-hydrogen) atoms. The lowest BCUT2D eigenvalue weighted by Crippen LogP contribution is -2.24. The number of fused-ring (bicyclic) bond motifs is 1. The van der Waals surface area contributed by atoms with Crippen molar-refractivity contribution in [1.82, 2.24) is 0 Å². The number of hydrogen-bond acceptors (Lipinski definition) is 3. The minimum absolute atomic E-state index is 0.196. The fraction of sp³-hybridized carbons (Fsp3) is 0.182. The van der Waals surface area contributed by atoms with Gasteiger partial charge in [-0.2, -0.15) is 0 Å². The Morgan fingerprint density at radius 3 is 2.62 bits per heavy atom. The molecule has 2 rings (SSSR count). The summed E-state index contributed by atoms with van der Waals surface area (Å²) in [6.45, 7) is 1.40. The van der Waals surface area contributed by atoms with Gasteiger partial charge in [-0.3, -0.25) is 14.4 Å². The molecule has 0 bridgehead atoms. The summed E-state index contributed by atoms with van der Waals surface area (Å²) in [5.41, 5.74) is 1.48. The third-order valence-electron chi connectivity index (χ3n) is 2.42. The number of likely N-dealkylation sites (N-methyl/N-ethyl adjacent to an activating group) is 1. The van der Waals surface area contributed by atoms with Crippen molar-refractivity contribution >= 4 is 29.0 Å². The Kier molecular flexibility index (Phi) is 2.23. The minimum Gasteiger partial charge on any atom is -0.326 e. The summed E-state index contributed by atoms with van der Waals surface area (Å²) in [5, 5.41) is 2.60. The second kappa shape index (κ2) is 3.44. The molecule has 0 aromatic heterocycles. The largest absolute Gasteiger partial charge is 0.326 e. The first-order valence-corrected chi connectivity index (χ1v) is 4.74. The number of ketones is 1. The van der Waals surface area contributed by atoms with Crippen LogP contribution in [-0.4, -0.2) is 24.6 Å². The van der Waals surface area contributed by atoms with Crippen LogP contribution in [0.2, 0.25) is 0 Å². The van der Waals surface area contributed by atoms with Gasteiger partial charge in [-0.05, 0) is 18.2 Å². The van der Waals surface area contributed by atoms with Crippen LogP contribution in [0.15, 0.2) is 18.2 Å². The van der Waals surface area contributed by atoms with E-state index in [4.69, 9.17) is 0 Å². The van der Waals surface area contributed by atoms with Gasteiger partial charge in [0.2, 0.25) is 5.91 Å². The molecule has 0 atom stereocenters. The van der Waals surface area contributed by atoms with Crippen LogP contribution in [0.1, 0.15) is 17.3 Å². The lowest BCUT2D eigenvalue weighted by molar-refractivity contribution is -0.114. The van der Waals surface area contributed by atoms with Crippen LogP contribution in [0.4, 0.5) is 11.4 Å². The van der Waals surface area contributed by atoms with Crippen LogP contribution < -0.4 is 10.2 Å². The monoisotopic (exact) mass is 218 g/mol. The highest BCUT2D eigenvalue weighted by molar-refractivity contribution is 6.52. The average Bonchev–Trinajstić information content (AvgIpc) is 2.43. The van der Waals surface area contributed by atoms with E-state index < -0.39 is 11.7 Å². The van der Waals surface area contributed by atoms with Crippen molar-refractivity contribution in [2.24, 2.45) is 0 Å². The molecule has 2 amide bonds. The van der Waals surface area contributed by atoms with Gasteiger partial charge < -0.3 is 10.2 Å². The van der Waals surface area contributed by atoms with Gasteiger partial charge in [0.05, 0.1) is 11.3 Å². The molecule has 1 aromatic rings. The molecule has 0 saturated carbocycles. The third kappa shape index (κ3) is 1.46. The van der Waals surface area contributed by atoms with Gasteiger partial charge in [0.1, 0.15) is 0 Å². The molecule has 0 saturated heterocycles. The Morgan fingerprint density at radius 1 is 1.31 bits per heavy atom. The lowest BCUT2D eigenvalue weighted by atomic mass is 10.1. The van der Waals surface area contributed by atoms with E-state index in [0.29, 0.717) is 16.9 Å². The Morgan fingerprint density at radius 2 is 2.00 bits per heavy atom. The van der Waals surface area contributed by atoms with E-state index in [2.05, 4.69) is 5.32 Å². The maximum absolute atomic E-state index is 11.5. The molecule has 82 valence electrons. The van der Waals surface area contributed by atoms with Crippen LogP contribution >= 0.6 is 0 Å². The van der Waals surface area contributed by atoms with Gasteiger partial charge in [-0.15, -0.1) is 0 Å². The maximum Gasteiger partial charge on any atom is 0.299 e. The normalized spacial score (nSPS) is 14.0. The van der Waals surface area contributed by atoms with Crippen molar-refractivity contribution in [3.05, 3.63) is 23.8 Å². The second-order valence-corrected chi connectivity index (χ2v) is 3.61. The van der Waals surface area contributed by atoms with E-state index in [0.717, 1.165) is 0 Å². The molecule has 5 nitrogen and oxygen atoms in total. The van der Waals surface area contributed by atoms with Gasteiger partial charge in [0.15, 0.2) is 0 Å². The topological polar surface area (TPSA) is 66.5 Å². The Bertz CT molecular complexity index is 508. The summed E-state index contributed by atoms with van der Waals surface area (Å²) in [5.74, 6) is -1.25. The molecule has 0 radical (unpaired) electrons. The van der Waals surface area contributed by atoms with Crippen molar-refractivity contribution in [2.45, 2.75) is 6.92 Å². The summed E-state index contributed by atoms with van der Waals surface area (Å²) < 4.78 is 0. The van der Waals surface area contributed by atoms with E-state index in [-0.39, 0.29) is 5.91 Å². The summed E-state index contributed by atoms with van der Waals surface area (Å²) >= 11 is 0. The molecule has 1 aliphatic heterocycles. The Hall–Kier alpha value is -2.17. The van der Waals surface area contributed by atoms with Gasteiger partial charge in [0, 0.05) is 19.7 Å². The van der Waals surface area contributed by atoms with Crippen molar-refractivity contribution in [1.29, 1.82) is 0 Å². The first-order valence-electron chi connectivity index (χ1n) is 4.74. The van der Waals surface area contributed by atoms with Crippen molar-refractivity contribution in [2.75, 3.05) is 17.3 Å². The highest BCUT2D eigenvalue weighted by atomic mass is 16.2. The number of nitrogens with one attached hydrogen (secondary N) is 1. The fourth-order valence-electron chi connectivity index (χ4n) is 1.66. The highest BCUT2D eigenvalue weighted by Gasteiger charge is 2.33. The standard InChI is InChI=1S/C11H10N2O3/c1-6(14)12-7-3-4-8-9(5-7)13(2)11(16)10(8)15/h3-5H,1-2H3,(H,12,14). The number of rotatable bonds is 1. The average molecular weight is 218 g/mol. The number of carbonyl (C=O) groups excluding carboxylic acids is 3. The predicted molar refractivity (Wildman–Crippen MR) is 58.5 cm³/mol. The number of carbonyl (C=O) groups is 3. The van der Waals surface area contributed by atoms with E-state index >= 15 is 0 Å². The SMILES string of the molecule is CC(=O)Nc1ccc2c(c1)N(C)C(=O)C2=O. The van der Waals surface area contributed by atoms with E-state index in [1.54, 1.807) is 18.2 Å².